The van der Waals surface area contributed by atoms with Gasteiger partial charge in [-0.2, -0.15) is 0 Å². The Kier molecular flexibility index (Phi) is 4.04. The van der Waals surface area contributed by atoms with E-state index in [4.69, 9.17) is 9.63 Å². The van der Waals surface area contributed by atoms with Crippen LogP contribution in [0, 0.1) is 12.8 Å². The molecule has 2 N–H and O–H groups in total. The summed E-state index contributed by atoms with van der Waals surface area (Å²) in [5.74, 6) is -1.15. The molecule has 0 saturated heterocycles. The second kappa shape index (κ2) is 5.29. The summed E-state index contributed by atoms with van der Waals surface area (Å²) < 4.78 is 4.81. The van der Waals surface area contributed by atoms with E-state index in [0.717, 1.165) is 0 Å². The van der Waals surface area contributed by atoms with Crippen LogP contribution in [0.25, 0.3) is 0 Å². The molecule has 0 spiro atoms. The second-order valence-electron chi connectivity index (χ2n) is 3.65. The molecule has 0 aliphatic heterocycles. The number of hydrogen-bond acceptors (Lipinski definition) is 4. The van der Waals surface area contributed by atoms with Crippen LogP contribution < -0.4 is 5.32 Å². The van der Waals surface area contributed by atoms with E-state index in [0.29, 0.717) is 11.5 Å². The van der Waals surface area contributed by atoms with Gasteiger partial charge in [0.25, 0.3) is 0 Å². The van der Waals surface area contributed by atoms with E-state index in [9.17, 15) is 9.59 Å². The van der Waals surface area contributed by atoms with E-state index < -0.39 is 11.9 Å². The molecule has 0 radical (unpaired) electrons. The SMILES string of the molecule is Cc1cc(CC(=O)NCC(C)C(=O)O)no1. The van der Waals surface area contributed by atoms with Gasteiger partial charge >= 0.3 is 5.97 Å². The number of hydrogen-bond donors (Lipinski definition) is 2. The van der Waals surface area contributed by atoms with E-state index in [-0.39, 0.29) is 18.9 Å². The summed E-state index contributed by atoms with van der Waals surface area (Å²) >= 11 is 0. The number of nitrogens with one attached hydrogen (secondary N) is 1. The molecule has 0 aliphatic rings. The molecule has 0 fully saturated rings. The van der Waals surface area contributed by atoms with Crippen LogP contribution in [0.15, 0.2) is 10.6 Å². The monoisotopic (exact) mass is 226 g/mol. The lowest BCUT2D eigenvalue weighted by molar-refractivity contribution is -0.141. The zero-order valence-corrected chi connectivity index (χ0v) is 9.19. The standard InChI is InChI=1S/C10H14N2O4/c1-6(10(14)15)5-11-9(13)4-8-3-7(2)16-12-8/h3,6H,4-5H2,1-2H3,(H,11,13)(H,14,15). The maximum Gasteiger partial charge on any atom is 0.308 e. The molecule has 6 heteroatoms. The van der Waals surface area contributed by atoms with Gasteiger partial charge in [0.05, 0.1) is 18.0 Å². The molecule has 1 amide bonds. The Bertz CT molecular complexity index is 386. The first-order valence-electron chi connectivity index (χ1n) is 4.90. The molecule has 1 aromatic heterocycles. The summed E-state index contributed by atoms with van der Waals surface area (Å²) in [6.45, 7) is 3.38. The number of aliphatic carboxylic acids is 1. The van der Waals surface area contributed by atoms with Crippen LogP contribution >= 0.6 is 0 Å². The number of carboxylic acids is 1. The van der Waals surface area contributed by atoms with Crippen LogP contribution in [0.5, 0.6) is 0 Å². The second-order valence-corrected chi connectivity index (χ2v) is 3.65. The highest BCUT2D eigenvalue weighted by molar-refractivity contribution is 5.79. The lowest BCUT2D eigenvalue weighted by atomic mass is 10.2. The fourth-order valence-corrected chi connectivity index (χ4v) is 1.08. The van der Waals surface area contributed by atoms with Gasteiger partial charge in [0.1, 0.15) is 5.76 Å². The largest absolute Gasteiger partial charge is 0.481 e. The van der Waals surface area contributed by atoms with Gasteiger partial charge in [0.15, 0.2) is 0 Å². The van der Waals surface area contributed by atoms with Crippen molar-refractivity contribution in [3.05, 3.63) is 17.5 Å². The maximum absolute atomic E-state index is 11.4. The zero-order valence-electron chi connectivity index (χ0n) is 9.19. The average molecular weight is 226 g/mol. The first-order valence-corrected chi connectivity index (χ1v) is 4.90. The van der Waals surface area contributed by atoms with Crippen LogP contribution in [0.3, 0.4) is 0 Å². The number of rotatable bonds is 5. The van der Waals surface area contributed by atoms with Gasteiger partial charge in [0, 0.05) is 12.6 Å². The van der Waals surface area contributed by atoms with Gasteiger partial charge in [-0.25, -0.2) is 0 Å². The number of carbonyl (C=O) groups is 2. The minimum atomic E-state index is -0.933. The number of nitrogens with zero attached hydrogens (tertiary/aromatic N) is 1. The van der Waals surface area contributed by atoms with Gasteiger partial charge in [-0.1, -0.05) is 12.1 Å². The molecule has 16 heavy (non-hydrogen) atoms. The van der Waals surface area contributed by atoms with E-state index >= 15 is 0 Å². The Hall–Kier alpha value is -1.85. The minimum absolute atomic E-state index is 0.101. The topological polar surface area (TPSA) is 92.4 Å². The van der Waals surface area contributed by atoms with E-state index in [2.05, 4.69) is 10.5 Å². The van der Waals surface area contributed by atoms with Gasteiger partial charge in [-0.05, 0) is 6.92 Å². The van der Waals surface area contributed by atoms with Crippen molar-refractivity contribution >= 4 is 11.9 Å². The predicted molar refractivity (Wildman–Crippen MR) is 54.8 cm³/mol. The summed E-state index contributed by atoms with van der Waals surface area (Å²) in [7, 11) is 0. The smallest absolute Gasteiger partial charge is 0.308 e. The van der Waals surface area contributed by atoms with Gasteiger partial charge < -0.3 is 14.9 Å². The summed E-state index contributed by atoms with van der Waals surface area (Å²) in [5.41, 5.74) is 0.540. The molecular formula is C10H14N2O4. The number of aryl methyl sites for hydroxylation is 1. The molecule has 0 aliphatic carbocycles. The Morgan fingerprint density at radius 1 is 1.62 bits per heavy atom. The molecule has 0 saturated carbocycles. The molecule has 88 valence electrons. The first-order chi connectivity index (χ1) is 7.49. The van der Waals surface area contributed by atoms with Crippen molar-refractivity contribution in [1.29, 1.82) is 0 Å². The van der Waals surface area contributed by atoms with E-state index in [1.165, 1.54) is 6.92 Å². The van der Waals surface area contributed by atoms with Crippen molar-refractivity contribution < 1.29 is 19.2 Å². The number of aromatic nitrogens is 1. The van der Waals surface area contributed by atoms with Gasteiger partial charge in [0.2, 0.25) is 5.91 Å². The van der Waals surface area contributed by atoms with Crippen molar-refractivity contribution in [3.63, 3.8) is 0 Å². The summed E-state index contributed by atoms with van der Waals surface area (Å²) in [4.78, 5) is 21.9. The summed E-state index contributed by atoms with van der Waals surface area (Å²) in [6, 6.07) is 1.67. The molecule has 1 atom stereocenters. The maximum atomic E-state index is 11.4. The van der Waals surface area contributed by atoms with Crippen molar-refractivity contribution in [2.45, 2.75) is 20.3 Å². The van der Waals surface area contributed by atoms with E-state index in [1.54, 1.807) is 13.0 Å². The van der Waals surface area contributed by atoms with Crippen LogP contribution in [0.2, 0.25) is 0 Å². The highest BCUT2D eigenvalue weighted by Crippen LogP contribution is 2.02. The molecular weight excluding hydrogens is 212 g/mol. The average Bonchev–Trinajstić information content (AvgIpc) is 2.60. The normalized spacial score (nSPS) is 12.1. The molecule has 1 rings (SSSR count). The van der Waals surface area contributed by atoms with Crippen LogP contribution in [0.4, 0.5) is 0 Å². The fourth-order valence-electron chi connectivity index (χ4n) is 1.08. The predicted octanol–water partition coefficient (Wildman–Crippen LogP) is 0.362. The Morgan fingerprint density at radius 3 is 2.81 bits per heavy atom. The third-order valence-corrected chi connectivity index (χ3v) is 2.05. The van der Waals surface area contributed by atoms with Crippen LogP contribution in [-0.4, -0.2) is 28.7 Å². The van der Waals surface area contributed by atoms with Crippen molar-refractivity contribution in [3.8, 4) is 0 Å². The fraction of sp³-hybridized carbons (Fsp3) is 0.500. The van der Waals surface area contributed by atoms with Crippen LogP contribution in [0.1, 0.15) is 18.4 Å². The molecule has 1 unspecified atom stereocenters. The van der Waals surface area contributed by atoms with Gasteiger partial charge in [-0.3, -0.25) is 9.59 Å². The van der Waals surface area contributed by atoms with Crippen LogP contribution in [-0.2, 0) is 16.0 Å². The minimum Gasteiger partial charge on any atom is -0.481 e. The molecule has 0 aromatic carbocycles. The number of carboxylic acid groups (broad SMARTS) is 1. The van der Waals surface area contributed by atoms with E-state index in [1.807, 2.05) is 0 Å². The Morgan fingerprint density at radius 2 is 2.31 bits per heavy atom. The zero-order chi connectivity index (χ0) is 12.1. The molecule has 1 heterocycles. The third kappa shape index (κ3) is 3.72. The lowest BCUT2D eigenvalue weighted by Gasteiger charge is -2.06. The number of amides is 1. The molecule has 1 aromatic rings. The molecule has 0 bridgehead atoms. The quantitative estimate of drug-likeness (QED) is 0.756. The van der Waals surface area contributed by atoms with Crippen molar-refractivity contribution in [2.75, 3.05) is 6.54 Å². The summed E-state index contributed by atoms with van der Waals surface area (Å²) in [6.07, 6.45) is 0.101. The Labute approximate surface area is 92.6 Å². The summed E-state index contributed by atoms with van der Waals surface area (Å²) in [5, 5.41) is 14.8. The number of carbonyl (C=O) groups excluding carboxylic acids is 1. The lowest BCUT2D eigenvalue weighted by Crippen LogP contribution is -2.32. The third-order valence-electron chi connectivity index (χ3n) is 2.05. The first kappa shape index (κ1) is 12.2. The van der Waals surface area contributed by atoms with Crippen molar-refractivity contribution in [1.82, 2.24) is 10.5 Å². The Balaban J connectivity index is 2.34. The van der Waals surface area contributed by atoms with Gasteiger partial charge in [-0.15, -0.1) is 0 Å². The van der Waals surface area contributed by atoms with Crippen molar-refractivity contribution in [2.24, 2.45) is 5.92 Å². The highest BCUT2D eigenvalue weighted by Gasteiger charge is 2.13. The highest BCUT2D eigenvalue weighted by atomic mass is 16.5. The molecule has 6 nitrogen and oxygen atoms in total.